The molecule has 0 saturated carbocycles. The summed E-state index contributed by atoms with van der Waals surface area (Å²) < 4.78 is 5.23. The lowest BCUT2D eigenvalue weighted by Gasteiger charge is -2.02. The molecule has 1 nitrogen and oxygen atoms in total. The van der Waals surface area contributed by atoms with Crippen LogP contribution >= 0.6 is 11.6 Å². The molecule has 92 valence electrons. The summed E-state index contributed by atoms with van der Waals surface area (Å²) in [6.45, 7) is 2.21. The van der Waals surface area contributed by atoms with E-state index < -0.39 is 0 Å². The summed E-state index contributed by atoms with van der Waals surface area (Å²) in [5.74, 6) is 7.08. The fourth-order valence-electron chi connectivity index (χ4n) is 1.58. The Morgan fingerprint density at radius 3 is 2.76 bits per heavy atom. The second-order valence-electron chi connectivity index (χ2n) is 3.96. The highest BCUT2D eigenvalue weighted by Crippen LogP contribution is 2.21. The van der Waals surface area contributed by atoms with Crippen LogP contribution in [-0.2, 0) is 0 Å². The van der Waals surface area contributed by atoms with E-state index in [0.29, 0.717) is 5.02 Å². The van der Waals surface area contributed by atoms with Crippen LogP contribution in [-0.4, -0.2) is 7.11 Å². The zero-order valence-electron chi connectivity index (χ0n) is 10.6. The van der Waals surface area contributed by atoms with E-state index in [2.05, 4.69) is 18.8 Å². The highest BCUT2D eigenvalue weighted by atomic mass is 35.5. The van der Waals surface area contributed by atoms with E-state index in [1.165, 1.54) is 25.7 Å². The first-order valence-electron chi connectivity index (χ1n) is 6.10. The quantitative estimate of drug-likeness (QED) is 0.545. The normalized spacial score (nSPS) is 9.59. The fourth-order valence-corrected chi connectivity index (χ4v) is 1.75. The van der Waals surface area contributed by atoms with Crippen LogP contribution in [0.2, 0.25) is 5.02 Å². The summed E-state index contributed by atoms with van der Waals surface area (Å²) >= 11 is 5.93. The zero-order valence-corrected chi connectivity index (χ0v) is 11.3. The summed E-state index contributed by atoms with van der Waals surface area (Å²) in [6, 6.07) is 5.51. The molecule has 0 radical (unpaired) electrons. The molecule has 0 unspecified atom stereocenters. The monoisotopic (exact) mass is 250 g/mol. The molecule has 0 aliphatic rings. The van der Waals surface area contributed by atoms with E-state index in [1.54, 1.807) is 7.11 Å². The van der Waals surface area contributed by atoms with Gasteiger partial charge in [-0.3, -0.25) is 0 Å². The lowest BCUT2D eigenvalue weighted by Crippen LogP contribution is -1.87. The molecule has 0 saturated heterocycles. The minimum atomic E-state index is 0.695. The molecule has 0 heterocycles. The number of hydrogen-bond donors (Lipinski definition) is 0. The van der Waals surface area contributed by atoms with Gasteiger partial charge in [0.1, 0.15) is 5.75 Å². The Morgan fingerprint density at radius 1 is 1.24 bits per heavy atom. The molecule has 17 heavy (non-hydrogen) atoms. The van der Waals surface area contributed by atoms with Gasteiger partial charge in [0, 0.05) is 11.4 Å². The maximum atomic E-state index is 5.93. The molecule has 1 rings (SSSR count). The Kier molecular flexibility index (Phi) is 6.58. The van der Waals surface area contributed by atoms with E-state index in [9.17, 15) is 0 Å². The SMILES string of the molecule is CCCCCCC#Cc1cc(Cl)ccc1OC. The van der Waals surface area contributed by atoms with Gasteiger partial charge < -0.3 is 4.74 Å². The zero-order chi connectivity index (χ0) is 12.5. The Labute approximate surface area is 109 Å². The van der Waals surface area contributed by atoms with Crippen LogP contribution < -0.4 is 4.74 Å². The topological polar surface area (TPSA) is 9.23 Å². The molecule has 1 aromatic carbocycles. The molecule has 0 spiro atoms. The molecule has 1 aromatic rings. The van der Waals surface area contributed by atoms with Gasteiger partial charge in [0.2, 0.25) is 0 Å². The van der Waals surface area contributed by atoms with Gasteiger partial charge in [-0.25, -0.2) is 0 Å². The third kappa shape index (κ3) is 5.15. The molecule has 0 aromatic heterocycles. The maximum Gasteiger partial charge on any atom is 0.134 e. The van der Waals surface area contributed by atoms with Crippen LogP contribution in [0.3, 0.4) is 0 Å². The summed E-state index contributed by atoms with van der Waals surface area (Å²) in [7, 11) is 1.65. The number of unbranched alkanes of at least 4 members (excludes halogenated alkanes) is 4. The molecule has 0 N–H and O–H groups in total. The number of hydrogen-bond acceptors (Lipinski definition) is 1. The second-order valence-corrected chi connectivity index (χ2v) is 4.39. The van der Waals surface area contributed by atoms with Crippen molar-refractivity contribution in [1.29, 1.82) is 0 Å². The molecule has 0 aliphatic heterocycles. The van der Waals surface area contributed by atoms with Gasteiger partial charge in [-0.2, -0.15) is 0 Å². The van der Waals surface area contributed by atoms with Crippen molar-refractivity contribution in [2.75, 3.05) is 7.11 Å². The Balaban J connectivity index is 2.55. The average Bonchev–Trinajstić information content (AvgIpc) is 2.34. The van der Waals surface area contributed by atoms with Gasteiger partial charge in [-0.15, -0.1) is 0 Å². The standard InChI is InChI=1S/C15H19ClO/c1-3-4-5-6-7-8-9-13-12-14(16)10-11-15(13)17-2/h10-12H,3-7H2,1-2H3. The average molecular weight is 251 g/mol. The van der Waals surface area contributed by atoms with Crippen LogP contribution in [0, 0.1) is 11.8 Å². The molecule has 2 heteroatoms. The highest BCUT2D eigenvalue weighted by molar-refractivity contribution is 6.30. The first-order chi connectivity index (χ1) is 8.27. The number of rotatable bonds is 5. The summed E-state index contributed by atoms with van der Waals surface area (Å²) in [6.07, 6.45) is 5.93. The van der Waals surface area contributed by atoms with Gasteiger partial charge in [0.15, 0.2) is 0 Å². The summed E-state index contributed by atoms with van der Waals surface area (Å²) in [5, 5.41) is 0.695. The molecule has 0 amide bonds. The fraction of sp³-hybridized carbons (Fsp3) is 0.467. The van der Waals surface area contributed by atoms with Crippen molar-refractivity contribution in [3.63, 3.8) is 0 Å². The predicted molar refractivity (Wildman–Crippen MR) is 73.6 cm³/mol. The van der Waals surface area contributed by atoms with E-state index in [4.69, 9.17) is 16.3 Å². The van der Waals surface area contributed by atoms with Gasteiger partial charge in [-0.05, 0) is 24.6 Å². The third-order valence-corrected chi connectivity index (χ3v) is 2.78. The third-order valence-electron chi connectivity index (χ3n) is 2.54. The minimum Gasteiger partial charge on any atom is -0.495 e. The van der Waals surface area contributed by atoms with Gasteiger partial charge in [-0.1, -0.05) is 49.6 Å². The minimum absolute atomic E-state index is 0.695. The second kappa shape index (κ2) is 8.03. The van der Waals surface area contributed by atoms with E-state index in [1.807, 2.05) is 18.2 Å². The van der Waals surface area contributed by atoms with Crippen molar-refractivity contribution in [3.05, 3.63) is 28.8 Å². The lowest BCUT2D eigenvalue weighted by atomic mass is 10.1. The summed E-state index contributed by atoms with van der Waals surface area (Å²) in [5.41, 5.74) is 0.871. The molecule has 0 fully saturated rings. The first kappa shape index (κ1) is 13.9. The van der Waals surface area contributed by atoms with Crippen LogP contribution in [0.1, 0.15) is 44.6 Å². The predicted octanol–water partition coefficient (Wildman–Crippen LogP) is 4.67. The Bertz CT molecular complexity index is 401. The highest BCUT2D eigenvalue weighted by Gasteiger charge is 1.99. The molecule has 0 bridgehead atoms. The van der Waals surface area contributed by atoms with Crippen molar-refractivity contribution in [2.45, 2.75) is 39.0 Å². The molecular weight excluding hydrogens is 232 g/mol. The van der Waals surface area contributed by atoms with Gasteiger partial charge in [0.05, 0.1) is 12.7 Å². The lowest BCUT2D eigenvalue weighted by molar-refractivity contribution is 0.413. The number of methoxy groups -OCH3 is 1. The number of benzene rings is 1. The van der Waals surface area contributed by atoms with Gasteiger partial charge in [0.25, 0.3) is 0 Å². The van der Waals surface area contributed by atoms with Crippen molar-refractivity contribution in [1.82, 2.24) is 0 Å². The van der Waals surface area contributed by atoms with Crippen molar-refractivity contribution < 1.29 is 4.74 Å². The van der Waals surface area contributed by atoms with Crippen LogP contribution in [0.15, 0.2) is 18.2 Å². The first-order valence-corrected chi connectivity index (χ1v) is 6.48. The van der Waals surface area contributed by atoms with E-state index in [0.717, 1.165) is 17.7 Å². The Morgan fingerprint density at radius 2 is 2.06 bits per heavy atom. The van der Waals surface area contributed by atoms with Crippen molar-refractivity contribution >= 4 is 11.6 Å². The van der Waals surface area contributed by atoms with E-state index >= 15 is 0 Å². The smallest absolute Gasteiger partial charge is 0.134 e. The Hall–Kier alpha value is -1.13. The molecular formula is C15H19ClO. The maximum absolute atomic E-state index is 5.93. The van der Waals surface area contributed by atoms with Crippen molar-refractivity contribution in [3.8, 4) is 17.6 Å². The van der Waals surface area contributed by atoms with Gasteiger partial charge >= 0.3 is 0 Å². The number of ether oxygens (including phenoxy) is 1. The molecule has 0 aliphatic carbocycles. The van der Waals surface area contributed by atoms with Crippen LogP contribution in [0.25, 0.3) is 0 Å². The number of halogens is 1. The largest absolute Gasteiger partial charge is 0.495 e. The van der Waals surface area contributed by atoms with Crippen LogP contribution in [0.5, 0.6) is 5.75 Å². The van der Waals surface area contributed by atoms with Crippen LogP contribution in [0.4, 0.5) is 0 Å². The van der Waals surface area contributed by atoms with E-state index in [-0.39, 0.29) is 0 Å². The molecule has 0 atom stereocenters. The van der Waals surface area contributed by atoms with Crippen molar-refractivity contribution in [2.24, 2.45) is 0 Å². The summed E-state index contributed by atoms with van der Waals surface area (Å²) in [4.78, 5) is 0.